The van der Waals surface area contributed by atoms with Crippen molar-refractivity contribution in [3.63, 3.8) is 0 Å². The molecule has 0 unspecified atom stereocenters. The van der Waals surface area contributed by atoms with Gasteiger partial charge in [-0.05, 0) is 60.9 Å². The largest absolute Gasteiger partial charge is 0.326 e. The minimum absolute atomic E-state index is 0.00987. The predicted molar refractivity (Wildman–Crippen MR) is 111 cm³/mol. The van der Waals surface area contributed by atoms with Crippen LogP contribution < -0.4 is 5.32 Å². The number of hydrogen-bond donors (Lipinski definition) is 1. The first-order valence-corrected chi connectivity index (χ1v) is 9.59. The van der Waals surface area contributed by atoms with Gasteiger partial charge in [0.2, 0.25) is 5.91 Å². The van der Waals surface area contributed by atoms with Crippen molar-refractivity contribution in [3.05, 3.63) is 77.5 Å². The average molecular weight is 373 g/mol. The number of anilines is 1. The van der Waals surface area contributed by atoms with E-state index in [1.54, 1.807) is 17.5 Å². The maximum absolute atomic E-state index is 12.4. The Balaban J connectivity index is 1.53. The van der Waals surface area contributed by atoms with E-state index >= 15 is 0 Å². The van der Waals surface area contributed by atoms with Crippen molar-refractivity contribution in [2.45, 2.75) is 20.3 Å². The van der Waals surface area contributed by atoms with Gasteiger partial charge in [0.05, 0.1) is 6.42 Å². The van der Waals surface area contributed by atoms with Crippen LogP contribution in [0, 0.1) is 13.8 Å². The summed E-state index contributed by atoms with van der Waals surface area (Å²) in [6.07, 6.45) is 2.15. The van der Waals surface area contributed by atoms with Crippen molar-refractivity contribution in [2.75, 3.05) is 5.32 Å². The number of fused-ring (bicyclic) bond motifs is 1. The summed E-state index contributed by atoms with van der Waals surface area (Å²) in [6.45, 7) is 4.02. The monoisotopic (exact) mass is 373 g/mol. The molecule has 1 N–H and O–H groups in total. The number of benzene rings is 2. The maximum atomic E-state index is 12.4. The summed E-state index contributed by atoms with van der Waals surface area (Å²) in [5, 5.41) is 3.96. The molecule has 27 heavy (non-hydrogen) atoms. The Labute approximate surface area is 161 Å². The molecule has 5 heteroatoms. The van der Waals surface area contributed by atoms with Gasteiger partial charge in [-0.1, -0.05) is 35.6 Å². The van der Waals surface area contributed by atoms with E-state index < -0.39 is 0 Å². The van der Waals surface area contributed by atoms with Gasteiger partial charge in [-0.15, -0.1) is 0 Å². The fraction of sp³-hybridized carbons (Fsp3) is 0.136. The molecule has 0 saturated carbocycles. The van der Waals surface area contributed by atoms with E-state index in [0.717, 1.165) is 43.3 Å². The average Bonchev–Trinajstić information content (AvgIpc) is 3.09. The van der Waals surface area contributed by atoms with Gasteiger partial charge in [0, 0.05) is 17.4 Å². The first-order chi connectivity index (χ1) is 13.1. The lowest BCUT2D eigenvalue weighted by atomic mass is 10.1. The number of aromatic nitrogens is 2. The number of nitrogens with zero attached hydrogens (tertiary/aromatic N) is 2. The Bertz CT molecular complexity index is 1100. The molecule has 2 aromatic heterocycles. The second-order valence-electron chi connectivity index (χ2n) is 6.53. The normalized spacial score (nSPS) is 10.9. The van der Waals surface area contributed by atoms with Crippen molar-refractivity contribution < 1.29 is 4.79 Å². The highest BCUT2D eigenvalue weighted by molar-refractivity contribution is 7.21. The van der Waals surface area contributed by atoms with Gasteiger partial charge in [0.1, 0.15) is 15.4 Å². The van der Waals surface area contributed by atoms with Gasteiger partial charge in [0.15, 0.2) is 0 Å². The number of nitrogens with one attached hydrogen (secondary N) is 1. The third kappa shape index (κ3) is 3.73. The van der Waals surface area contributed by atoms with Gasteiger partial charge in [-0.2, -0.15) is 0 Å². The quantitative estimate of drug-likeness (QED) is 0.538. The number of rotatable bonds is 4. The molecular formula is C22H19N3OS. The first kappa shape index (κ1) is 17.4. The topological polar surface area (TPSA) is 54.9 Å². The van der Waals surface area contributed by atoms with E-state index in [0.29, 0.717) is 6.42 Å². The minimum atomic E-state index is -0.00987. The third-order valence-corrected chi connectivity index (χ3v) is 5.55. The standard InChI is InChI=1S/C22H19N3OS/c1-14-6-3-4-7-16(14)13-20(26)24-18-10-9-17(12-15(18)2)21-25-19-8-5-11-23-22(19)27-21/h3-12H,13H2,1-2H3,(H,24,26). The molecule has 1 amide bonds. The number of amides is 1. The van der Waals surface area contributed by atoms with Crippen molar-refractivity contribution in [1.29, 1.82) is 0 Å². The molecule has 0 aliphatic carbocycles. The molecule has 4 nitrogen and oxygen atoms in total. The Morgan fingerprint density at radius 2 is 1.89 bits per heavy atom. The Kier molecular flexibility index (Phi) is 4.69. The van der Waals surface area contributed by atoms with Crippen LogP contribution in [0.4, 0.5) is 5.69 Å². The minimum Gasteiger partial charge on any atom is -0.326 e. The van der Waals surface area contributed by atoms with Gasteiger partial charge in [-0.25, -0.2) is 9.97 Å². The Morgan fingerprint density at radius 3 is 2.67 bits per heavy atom. The fourth-order valence-corrected chi connectivity index (χ4v) is 3.91. The highest BCUT2D eigenvalue weighted by Crippen LogP contribution is 2.31. The first-order valence-electron chi connectivity index (χ1n) is 8.77. The number of thiazole rings is 1. The van der Waals surface area contributed by atoms with Gasteiger partial charge >= 0.3 is 0 Å². The molecule has 0 radical (unpaired) electrons. The molecule has 4 aromatic rings. The summed E-state index contributed by atoms with van der Waals surface area (Å²) in [5.74, 6) is -0.00987. The number of carbonyl (C=O) groups excluding carboxylic acids is 1. The van der Waals surface area contributed by atoms with Gasteiger partial charge < -0.3 is 5.32 Å². The molecule has 0 aliphatic heterocycles. The van der Waals surface area contributed by atoms with Crippen LogP contribution in [0.1, 0.15) is 16.7 Å². The number of pyridine rings is 1. The van der Waals surface area contributed by atoms with E-state index in [-0.39, 0.29) is 5.91 Å². The fourth-order valence-electron chi connectivity index (χ4n) is 3.01. The van der Waals surface area contributed by atoms with Crippen LogP contribution in [0.25, 0.3) is 20.9 Å². The maximum Gasteiger partial charge on any atom is 0.228 e. The van der Waals surface area contributed by atoms with Crippen LogP contribution in [0.15, 0.2) is 60.8 Å². The van der Waals surface area contributed by atoms with E-state index in [1.165, 1.54) is 0 Å². The highest BCUT2D eigenvalue weighted by Gasteiger charge is 2.11. The third-order valence-electron chi connectivity index (χ3n) is 4.53. The van der Waals surface area contributed by atoms with Crippen molar-refractivity contribution in [3.8, 4) is 10.6 Å². The molecule has 0 bridgehead atoms. The summed E-state index contributed by atoms with van der Waals surface area (Å²) in [7, 11) is 0. The van der Waals surface area contributed by atoms with E-state index in [4.69, 9.17) is 0 Å². The van der Waals surface area contributed by atoms with E-state index in [2.05, 4.69) is 21.4 Å². The van der Waals surface area contributed by atoms with E-state index in [1.807, 2.05) is 62.4 Å². The summed E-state index contributed by atoms with van der Waals surface area (Å²) < 4.78 is 0. The molecule has 0 atom stereocenters. The highest BCUT2D eigenvalue weighted by atomic mass is 32.1. The SMILES string of the molecule is Cc1ccccc1CC(=O)Nc1ccc(-c2nc3cccnc3s2)cc1C. The molecule has 2 aromatic carbocycles. The molecule has 0 aliphatic rings. The molecule has 0 fully saturated rings. The van der Waals surface area contributed by atoms with Gasteiger partial charge in [-0.3, -0.25) is 4.79 Å². The van der Waals surface area contributed by atoms with Crippen LogP contribution in [-0.2, 0) is 11.2 Å². The molecule has 0 spiro atoms. The lowest BCUT2D eigenvalue weighted by Crippen LogP contribution is -2.15. The lowest BCUT2D eigenvalue weighted by molar-refractivity contribution is -0.115. The molecular weight excluding hydrogens is 354 g/mol. The second-order valence-corrected chi connectivity index (χ2v) is 7.51. The van der Waals surface area contributed by atoms with Crippen molar-refractivity contribution in [1.82, 2.24) is 9.97 Å². The molecule has 134 valence electrons. The molecule has 0 saturated heterocycles. The zero-order chi connectivity index (χ0) is 18.8. The Morgan fingerprint density at radius 1 is 1.04 bits per heavy atom. The zero-order valence-electron chi connectivity index (χ0n) is 15.2. The van der Waals surface area contributed by atoms with Crippen LogP contribution in [-0.4, -0.2) is 15.9 Å². The smallest absolute Gasteiger partial charge is 0.228 e. The summed E-state index contributed by atoms with van der Waals surface area (Å²) in [6, 6.07) is 17.8. The molecule has 4 rings (SSSR count). The van der Waals surface area contributed by atoms with Crippen molar-refractivity contribution >= 4 is 33.3 Å². The van der Waals surface area contributed by atoms with Gasteiger partial charge in [0.25, 0.3) is 0 Å². The number of carbonyl (C=O) groups is 1. The molecule has 2 heterocycles. The number of aryl methyl sites for hydroxylation is 2. The Hall–Kier alpha value is -3.05. The predicted octanol–water partition coefficient (Wildman–Crippen LogP) is 5.16. The summed E-state index contributed by atoms with van der Waals surface area (Å²) >= 11 is 1.57. The summed E-state index contributed by atoms with van der Waals surface area (Å²) in [5.41, 5.74) is 5.96. The van der Waals surface area contributed by atoms with Crippen LogP contribution in [0.2, 0.25) is 0 Å². The lowest BCUT2D eigenvalue weighted by Gasteiger charge is -2.10. The summed E-state index contributed by atoms with van der Waals surface area (Å²) in [4.78, 5) is 22.4. The van der Waals surface area contributed by atoms with Crippen LogP contribution in [0.5, 0.6) is 0 Å². The van der Waals surface area contributed by atoms with Crippen LogP contribution >= 0.6 is 11.3 Å². The van der Waals surface area contributed by atoms with E-state index in [9.17, 15) is 4.79 Å². The zero-order valence-corrected chi connectivity index (χ0v) is 16.0. The van der Waals surface area contributed by atoms with Crippen LogP contribution in [0.3, 0.4) is 0 Å². The van der Waals surface area contributed by atoms with Crippen molar-refractivity contribution in [2.24, 2.45) is 0 Å². The second kappa shape index (κ2) is 7.29. The number of hydrogen-bond acceptors (Lipinski definition) is 4.